The monoisotopic (exact) mass is 271 g/mol. The van der Waals surface area contributed by atoms with E-state index in [2.05, 4.69) is 15.6 Å². The molecule has 2 unspecified atom stereocenters. The van der Waals surface area contributed by atoms with E-state index < -0.39 is 0 Å². The van der Waals surface area contributed by atoms with Gasteiger partial charge in [-0.1, -0.05) is 18.3 Å². The van der Waals surface area contributed by atoms with Crippen molar-refractivity contribution in [3.8, 4) is 0 Å². The number of carbonyl (C=O) groups excluding carboxylic acids is 1. The molecule has 0 radical (unpaired) electrons. The Bertz CT molecular complexity index is 379. The lowest BCUT2D eigenvalue weighted by Crippen LogP contribution is -2.28. The molecule has 5 nitrogen and oxygen atoms in total. The van der Waals surface area contributed by atoms with Crippen molar-refractivity contribution >= 4 is 22.4 Å². The normalized spacial score (nSPS) is 14.0. The van der Waals surface area contributed by atoms with Crippen LogP contribution in [0, 0.1) is 5.92 Å². The molecule has 1 rings (SSSR count). The van der Waals surface area contributed by atoms with Crippen LogP contribution < -0.4 is 10.6 Å². The molecule has 0 aliphatic heterocycles. The summed E-state index contributed by atoms with van der Waals surface area (Å²) in [5.41, 5.74) is 0. The molecule has 0 aliphatic carbocycles. The van der Waals surface area contributed by atoms with Gasteiger partial charge in [0, 0.05) is 13.1 Å². The molecule has 1 amide bonds. The van der Waals surface area contributed by atoms with Gasteiger partial charge in [-0.25, -0.2) is 4.98 Å². The van der Waals surface area contributed by atoms with Crippen molar-refractivity contribution in [3.05, 3.63) is 11.1 Å². The van der Waals surface area contributed by atoms with E-state index in [1.54, 1.807) is 13.1 Å². The molecule has 1 heterocycles. The molecule has 6 heteroatoms. The number of nitrogens with one attached hydrogen (secondary N) is 2. The van der Waals surface area contributed by atoms with Crippen LogP contribution in [0.4, 0.5) is 5.13 Å². The fourth-order valence-corrected chi connectivity index (χ4v) is 2.43. The molecule has 0 saturated heterocycles. The Morgan fingerprint density at radius 3 is 2.89 bits per heavy atom. The van der Waals surface area contributed by atoms with Crippen LogP contribution in [-0.2, 0) is 0 Å². The van der Waals surface area contributed by atoms with Gasteiger partial charge >= 0.3 is 0 Å². The molecule has 3 N–H and O–H groups in total. The Morgan fingerprint density at radius 2 is 2.28 bits per heavy atom. The quantitative estimate of drug-likeness (QED) is 0.706. The summed E-state index contributed by atoms with van der Waals surface area (Å²) in [6.07, 6.45) is 1.93. The lowest BCUT2D eigenvalue weighted by Gasteiger charge is -2.13. The summed E-state index contributed by atoms with van der Waals surface area (Å²) in [6.45, 7) is 7.10. The highest BCUT2D eigenvalue weighted by atomic mass is 32.1. The largest absolute Gasteiger partial charge is 0.393 e. The van der Waals surface area contributed by atoms with E-state index >= 15 is 0 Å². The van der Waals surface area contributed by atoms with E-state index in [1.165, 1.54) is 11.3 Å². The fraction of sp³-hybridized carbons (Fsp3) is 0.667. The minimum atomic E-state index is -0.333. The number of rotatable bonds is 7. The minimum absolute atomic E-state index is 0.103. The predicted octanol–water partition coefficient (Wildman–Crippen LogP) is 1.71. The van der Waals surface area contributed by atoms with Crippen LogP contribution >= 0.6 is 11.3 Å². The zero-order valence-corrected chi connectivity index (χ0v) is 11.9. The number of aliphatic hydroxyl groups excluding tert-OH is 1. The molecule has 0 fully saturated rings. The highest BCUT2D eigenvalue weighted by molar-refractivity contribution is 7.17. The van der Waals surface area contributed by atoms with Crippen LogP contribution in [-0.4, -0.2) is 35.2 Å². The summed E-state index contributed by atoms with van der Waals surface area (Å²) in [7, 11) is 0. The number of aromatic nitrogens is 1. The summed E-state index contributed by atoms with van der Waals surface area (Å²) in [6, 6.07) is 0. The number of hydrogen-bond donors (Lipinski definition) is 3. The summed E-state index contributed by atoms with van der Waals surface area (Å²) in [5.74, 6) is 0.157. The molecular formula is C12H21N3O2S. The van der Waals surface area contributed by atoms with Crippen LogP contribution in [0.2, 0.25) is 0 Å². The maximum Gasteiger partial charge on any atom is 0.263 e. The number of carbonyl (C=O) groups is 1. The number of amides is 1. The predicted molar refractivity (Wildman–Crippen MR) is 74.1 cm³/mol. The zero-order valence-electron chi connectivity index (χ0n) is 11.1. The van der Waals surface area contributed by atoms with Gasteiger partial charge in [-0.15, -0.1) is 0 Å². The second-order valence-electron chi connectivity index (χ2n) is 4.46. The third-order valence-corrected chi connectivity index (χ3v) is 3.37. The molecule has 102 valence electrons. The smallest absolute Gasteiger partial charge is 0.263 e. The van der Waals surface area contributed by atoms with E-state index in [0.29, 0.717) is 17.8 Å². The Hall–Kier alpha value is -1.14. The number of nitrogens with zero attached hydrogens (tertiary/aromatic N) is 1. The molecule has 1 aromatic heterocycles. The van der Waals surface area contributed by atoms with Crippen molar-refractivity contribution in [3.63, 3.8) is 0 Å². The van der Waals surface area contributed by atoms with Gasteiger partial charge in [0.1, 0.15) is 4.88 Å². The molecule has 0 bridgehead atoms. The first-order valence-electron chi connectivity index (χ1n) is 6.18. The van der Waals surface area contributed by atoms with Crippen molar-refractivity contribution in [1.29, 1.82) is 0 Å². The average Bonchev–Trinajstić information content (AvgIpc) is 2.74. The molecule has 0 aliphatic rings. The average molecular weight is 271 g/mol. The van der Waals surface area contributed by atoms with Gasteiger partial charge in [-0.05, 0) is 26.2 Å². The highest BCUT2D eigenvalue weighted by Crippen LogP contribution is 2.17. The van der Waals surface area contributed by atoms with Gasteiger partial charge in [-0.3, -0.25) is 4.79 Å². The maximum absolute atomic E-state index is 11.8. The van der Waals surface area contributed by atoms with Gasteiger partial charge in [0.2, 0.25) is 0 Å². The van der Waals surface area contributed by atoms with Gasteiger partial charge in [0.15, 0.2) is 5.13 Å². The Morgan fingerprint density at radius 1 is 1.56 bits per heavy atom. The summed E-state index contributed by atoms with van der Waals surface area (Å²) in [5, 5.41) is 15.9. The van der Waals surface area contributed by atoms with Crippen LogP contribution in [0.25, 0.3) is 0 Å². The Kier molecular flexibility index (Phi) is 6.07. The third kappa shape index (κ3) is 5.01. The van der Waals surface area contributed by atoms with E-state index in [0.717, 1.165) is 11.7 Å². The van der Waals surface area contributed by atoms with Crippen molar-refractivity contribution in [1.82, 2.24) is 10.3 Å². The van der Waals surface area contributed by atoms with Crippen LogP contribution in [0.1, 0.15) is 36.9 Å². The highest BCUT2D eigenvalue weighted by Gasteiger charge is 2.12. The number of thiazole rings is 1. The summed E-state index contributed by atoms with van der Waals surface area (Å²) in [4.78, 5) is 16.5. The lowest BCUT2D eigenvalue weighted by molar-refractivity contribution is 0.0943. The Labute approximate surface area is 112 Å². The Balaban J connectivity index is 2.40. The lowest BCUT2D eigenvalue weighted by atomic mass is 10.0. The van der Waals surface area contributed by atoms with Gasteiger partial charge in [-0.2, -0.15) is 0 Å². The standard InChI is InChI=1S/C12H21N3O2S/c1-4-13-12-15-7-10(18-12)11(17)14-6-8(2)5-9(3)16/h7-9,16H,4-6H2,1-3H3,(H,13,15)(H,14,17). The van der Waals surface area contributed by atoms with Crippen molar-refractivity contribution in [2.24, 2.45) is 5.92 Å². The second-order valence-corrected chi connectivity index (χ2v) is 5.49. The van der Waals surface area contributed by atoms with Gasteiger partial charge in [0.05, 0.1) is 12.3 Å². The van der Waals surface area contributed by atoms with E-state index in [-0.39, 0.29) is 17.9 Å². The van der Waals surface area contributed by atoms with Crippen molar-refractivity contribution < 1.29 is 9.90 Å². The van der Waals surface area contributed by atoms with Crippen LogP contribution in [0.3, 0.4) is 0 Å². The maximum atomic E-state index is 11.8. The number of hydrogen-bond acceptors (Lipinski definition) is 5. The second kappa shape index (κ2) is 7.33. The fourth-order valence-electron chi connectivity index (χ4n) is 1.63. The van der Waals surface area contributed by atoms with E-state index in [9.17, 15) is 9.90 Å². The van der Waals surface area contributed by atoms with E-state index in [1.807, 2.05) is 13.8 Å². The molecular weight excluding hydrogens is 250 g/mol. The molecule has 0 aromatic carbocycles. The summed E-state index contributed by atoms with van der Waals surface area (Å²) < 4.78 is 0. The van der Waals surface area contributed by atoms with Gasteiger partial charge in [0.25, 0.3) is 5.91 Å². The van der Waals surface area contributed by atoms with E-state index in [4.69, 9.17) is 0 Å². The first kappa shape index (κ1) is 14.9. The van der Waals surface area contributed by atoms with Crippen molar-refractivity contribution in [2.75, 3.05) is 18.4 Å². The van der Waals surface area contributed by atoms with Crippen molar-refractivity contribution in [2.45, 2.75) is 33.3 Å². The zero-order chi connectivity index (χ0) is 13.5. The number of anilines is 1. The molecule has 1 aromatic rings. The molecule has 2 atom stereocenters. The topological polar surface area (TPSA) is 74.2 Å². The minimum Gasteiger partial charge on any atom is -0.393 e. The summed E-state index contributed by atoms with van der Waals surface area (Å²) >= 11 is 1.35. The molecule has 18 heavy (non-hydrogen) atoms. The first-order valence-corrected chi connectivity index (χ1v) is 7.00. The molecule has 0 saturated carbocycles. The molecule has 0 spiro atoms. The van der Waals surface area contributed by atoms with Gasteiger partial charge < -0.3 is 15.7 Å². The number of aliphatic hydroxyl groups is 1. The van der Waals surface area contributed by atoms with Crippen LogP contribution in [0.5, 0.6) is 0 Å². The van der Waals surface area contributed by atoms with Crippen LogP contribution in [0.15, 0.2) is 6.20 Å². The third-order valence-electron chi connectivity index (χ3n) is 2.41. The SMILES string of the molecule is CCNc1ncc(C(=O)NCC(C)CC(C)O)s1. The first-order chi connectivity index (χ1) is 8.52.